The van der Waals surface area contributed by atoms with Gasteiger partial charge >= 0.3 is 0 Å². The molecular weight excluding hydrogens is 781 g/mol. The Balaban J connectivity index is 1.06. The number of benzene rings is 10. The highest BCUT2D eigenvalue weighted by atomic mass is 16.3. The fourth-order valence-corrected chi connectivity index (χ4v) is 10.4. The summed E-state index contributed by atoms with van der Waals surface area (Å²) in [6.45, 7) is 0. The smallest absolute Gasteiger partial charge is 0.228 e. The van der Waals surface area contributed by atoms with Crippen molar-refractivity contribution in [1.82, 2.24) is 4.98 Å². The van der Waals surface area contributed by atoms with E-state index in [1.165, 1.54) is 38.9 Å². The molecule has 10 aromatic carbocycles. The lowest BCUT2D eigenvalue weighted by molar-refractivity contribution is 0.620. The highest BCUT2D eigenvalue weighted by Crippen LogP contribution is 2.57. The molecule has 1 aliphatic carbocycles. The maximum absolute atomic E-state index is 6.84. The van der Waals surface area contributed by atoms with Crippen LogP contribution >= 0.6 is 0 Å². The standard InChI is InChI=1S/C60H38N2O2/c1-3-16-39(17-4-1)40-30-32-44(33-31-40)62(45-22-15-21-43(37-45)60(42-19-5-2-6-20-42)52-26-11-9-24-48(52)49-25-10-12-27-53(49)60)46-34-35-55-50(38-46)57-51(59-61-54-28-13-14-29-56(54)64-59)36-41-18-7-8-23-47(41)58(57)63-55/h1-38H. The molecule has 0 aliphatic heterocycles. The first-order valence-electron chi connectivity index (χ1n) is 21.8. The number of furan rings is 1. The molecule has 0 unspecified atom stereocenters. The third-order valence-electron chi connectivity index (χ3n) is 13.2. The molecule has 0 radical (unpaired) electrons. The van der Waals surface area contributed by atoms with E-state index in [1.54, 1.807) is 0 Å². The highest BCUT2D eigenvalue weighted by Gasteiger charge is 2.46. The zero-order valence-corrected chi connectivity index (χ0v) is 34.7. The van der Waals surface area contributed by atoms with Crippen LogP contribution in [-0.2, 0) is 5.41 Å². The van der Waals surface area contributed by atoms with Crippen LogP contribution in [0.4, 0.5) is 17.1 Å². The predicted octanol–water partition coefficient (Wildman–Crippen LogP) is 16.0. The van der Waals surface area contributed by atoms with Crippen LogP contribution in [-0.4, -0.2) is 4.98 Å². The van der Waals surface area contributed by atoms with Crippen LogP contribution in [0.5, 0.6) is 0 Å². The number of nitrogens with zero attached hydrogens (tertiary/aromatic N) is 2. The Morgan fingerprint density at radius 3 is 1.80 bits per heavy atom. The molecule has 0 atom stereocenters. The molecule has 4 nitrogen and oxygen atoms in total. The van der Waals surface area contributed by atoms with E-state index in [0.29, 0.717) is 5.89 Å². The fraction of sp³-hybridized carbons (Fsp3) is 0.0167. The normalized spacial score (nSPS) is 12.8. The number of anilines is 3. The maximum atomic E-state index is 6.84. The topological polar surface area (TPSA) is 42.4 Å². The number of rotatable bonds is 7. The van der Waals surface area contributed by atoms with Crippen LogP contribution in [0.2, 0.25) is 0 Å². The maximum Gasteiger partial charge on any atom is 0.228 e. The molecule has 4 heteroatoms. The molecule has 0 fully saturated rings. The monoisotopic (exact) mass is 818 g/mol. The van der Waals surface area contributed by atoms with E-state index in [1.807, 2.05) is 24.3 Å². The zero-order valence-electron chi connectivity index (χ0n) is 34.7. The lowest BCUT2D eigenvalue weighted by atomic mass is 9.67. The van der Waals surface area contributed by atoms with E-state index in [-0.39, 0.29) is 0 Å². The number of oxazole rings is 1. The lowest BCUT2D eigenvalue weighted by Crippen LogP contribution is -2.28. The number of aromatic nitrogens is 1. The summed E-state index contributed by atoms with van der Waals surface area (Å²) < 4.78 is 13.3. The second-order valence-corrected chi connectivity index (χ2v) is 16.6. The van der Waals surface area contributed by atoms with Crippen LogP contribution in [0, 0.1) is 0 Å². The molecule has 2 aromatic heterocycles. The van der Waals surface area contributed by atoms with Crippen LogP contribution in [0.25, 0.3) is 77.5 Å². The minimum absolute atomic E-state index is 0.548. The molecule has 300 valence electrons. The summed E-state index contributed by atoms with van der Waals surface area (Å²) in [7, 11) is 0. The van der Waals surface area contributed by atoms with Gasteiger partial charge in [-0.25, -0.2) is 4.98 Å². The summed E-state index contributed by atoms with van der Waals surface area (Å²) >= 11 is 0. The third-order valence-corrected chi connectivity index (χ3v) is 13.2. The Morgan fingerprint density at radius 1 is 0.391 bits per heavy atom. The first-order valence-corrected chi connectivity index (χ1v) is 21.8. The average Bonchev–Trinajstić information content (AvgIpc) is 4.06. The van der Waals surface area contributed by atoms with Crippen molar-refractivity contribution in [2.75, 3.05) is 4.90 Å². The first-order chi connectivity index (χ1) is 31.7. The fourth-order valence-electron chi connectivity index (χ4n) is 10.4. The summed E-state index contributed by atoms with van der Waals surface area (Å²) in [6, 6.07) is 82.5. The molecule has 0 spiro atoms. The number of hydrogen-bond acceptors (Lipinski definition) is 4. The minimum Gasteiger partial charge on any atom is -0.455 e. The Hall–Kier alpha value is -8.47. The van der Waals surface area contributed by atoms with E-state index in [0.717, 1.165) is 72.0 Å². The molecule has 0 saturated carbocycles. The molecule has 2 heterocycles. The van der Waals surface area contributed by atoms with Gasteiger partial charge in [0.2, 0.25) is 5.89 Å². The quantitative estimate of drug-likeness (QED) is 0.161. The van der Waals surface area contributed by atoms with Crippen molar-refractivity contribution in [2.45, 2.75) is 5.41 Å². The Labute approximate surface area is 369 Å². The molecule has 0 saturated heterocycles. The van der Waals surface area contributed by atoms with Crippen LogP contribution in [0.1, 0.15) is 22.3 Å². The van der Waals surface area contributed by atoms with Gasteiger partial charge in [0.15, 0.2) is 5.58 Å². The van der Waals surface area contributed by atoms with E-state index in [2.05, 4.69) is 211 Å². The van der Waals surface area contributed by atoms with Gasteiger partial charge in [0, 0.05) is 38.8 Å². The number of para-hydroxylation sites is 2. The van der Waals surface area contributed by atoms with Crippen molar-refractivity contribution in [3.05, 3.63) is 253 Å². The largest absolute Gasteiger partial charge is 0.455 e. The van der Waals surface area contributed by atoms with E-state index in [4.69, 9.17) is 13.8 Å². The third kappa shape index (κ3) is 5.46. The van der Waals surface area contributed by atoms with Crippen LogP contribution in [0.15, 0.2) is 239 Å². The summed E-state index contributed by atoms with van der Waals surface area (Å²) in [5.74, 6) is 0.564. The summed E-state index contributed by atoms with van der Waals surface area (Å²) in [5, 5.41) is 4.06. The van der Waals surface area contributed by atoms with Crippen LogP contribution < -0.4 is 4.90 Å². The summed E-state index contributed by atoms with van der Waals surface area (Å²) in [6.07, 6.45) is 0. The first kappa shape index (κ1) is 36.2. The molecule has 0 N–H and O–H groups in total. The Kier molecular flexibility index (Phi) is 8.09. The van der Waals surface area contributed by atoms with Gasteiger partial charge in [0.05, 0.1) is 5.41 Å². The van der Waals surface area contributed by atoms with Crippen molar-refractivity contribution in [1.29, 1.82) is 0 Å². The summed E-state index contributed by atoms with van der Waals surface area (Å²) in [5.41, 5.74) is 16.4. The molecule has 13 rings (SSSR count). The van der Waals surface area contributed by atoms with Crippen LogP contribution in [0.3, 0.4) is 0 Å². The molecule has 64 heavy (non-hydrogen) atoms. The molecule has 1 aliphatic rings. The zero-order chi connectivity index (χ0) is 42.2. The minimum atomic E-state index is -0.548. The van der Waals surface area contributed by atoms with Gasteiger partial charge in [-0.3, -0.25) is 0 Å². The van der Waals surface area contributed by atoms with Crippen molar-refractivity contribution >= 4 is 60.9 Å². The van der Waals surface area contributed by atoms with Gasteiger partial charge in [0.1, 0.15) is 16.7 Å². The number of hydrogen-bond donors (Lipinski definition) is 0. The predicted molar refractivity (Wildman–Crippen MR) is 262 cm³/mol. The van der Waals surface area contributed by atoms with Gasteiger partial charge < -0.3 is 13.7 Å². The van der Waals surface area contributed by atoms with Crippen molar-refractivity contribution in [2.24, 2.45) is 0 Å². The van der Waals surface area contributed by atoms with Crippen molar-refractivity contribution in [3.63, 3.8) is 0 Å². The van der Waals surface area contributed by atoms with E-state index in [9.17, 15) is 0 Å². The average molecular weight is 819 g/mol. The van der Waals surface area contributed by atoms with Crippen molar-refractivity contribution < 1.29 is 8.83 Å². The van der Waals surface area contributed by atoms with E-state index < -0.39 is 5.41 Å². The highest BCUT2D eigenvalue weighted by molar-refractivity contribution is 6.21. The van der Waals surface area contributed by atoms with Gasteiger partial charge in [0.25, 0.3) is 0 Å². The lowest BCUT2D eigenvalue weighted by Gasteiger charge is -2.35. The van der Waals surface area contributed by atoms with Gasteiger partial charge in [-0.15, -0.1) is 0 Å². The van der Waals surface area contributed by atoms with Gasteiger partial charge in [-0.05, 0) is 111 Å². The molecular formula is C60H38N2O2. The van der Waals surface area contributed by atoms with E-state index >= 15 is 0 Å². The van der Waals surface area contributed by atoms with Crippen molar-refractivity contribution in [3.8, 4) is 33.7 Å². The number of fused-ring (bicyclic) bond motifs is 9. The SMILES string of the molecule is c1ccc(-c2ccc(N(c3cccc(C4(c5ccccc5)c5ccccc5-c5ccccc54)c3)c3ccc4oc5c6ccccc6cc(-c6nc7ccccc7o6)c5c4c3)cc2)cc1. The summed E-state index contributed by atoms with van der Waals surface area (Å²) in [4.78, 5) is 7.38. The van der Waals surface area contributed by atoms with Gasteiger partial charge in [-0.1, -0.05) is 170 Å². The Bertz CT molecular complexity index is 3660. The van der Waals surface area contributed by atoms with Gasteiger partial charge in [-0.2, -0.15) is 0 Å². The Morgan fingerprint density at radius 2 is 1.02 bits per heavy atom. The molecule has 0 bridgehead atoms. The molecule has 0 amide bonds. The molecule has 12 aromatic rings. The second-order valence-electron chi connectivity index (χ2n) is 16.6. The second kappa shape index (κ2) is 14.3.